The Balaban J connectivity index is 1.13. The molecule has 0 fully saturated rings. The van der Waals surface area contributed by atoms with Crippen molar-refractivity contribution >= 4 is 22.6 Å². The second-order valence-corrected chi connectivity index (χ2v) is 8.92. The van der Waals surface area contributed by atoms with Crippen LogP contribution in [0.15, 0.2) is 84.9 Å². The van der Waals surface area contributed by atoms with Crippen LogP contribution in [0.4, 0.5) is 10.5 Å². The number of nitrogens with one attached hydrogen (secondary N) is 1. The predicted molar refractivity (Wildman–Crippen MR) is 137 cm³/mol. The minimum absolute atomic E-state index is 0.0104. The molecule has 0 aliphatic heterocycles. The van der Waals surface area contributed by atoms with Gasteiger partial charge in [-0.15, -0.1) is 0 Å². The minimum atomic E-state index is -1.07. The molecule has 0 aromatic heterocycles. The largest absolute Gasteiger partial charge is 0.449 e. The number of ether oxygens (including phenoxy) is 1. The summed E-state index contributed by atoms with van der Waals surface area (Å²) < 4.78 is 5.52. The van der Waals surface area contributed by atoms with Gasteiger partial charge in [-0.05, 0) is 63.2 Å². The van der Waals surface area contributed by atoms with Crippen molar-refractivity contribution in [1.29, 1.82) is 0 Å². The fourth-order valence-electron chi connectivity index (χ4n) is 4.82. The highest BCUT2D eigenvalue weighted by atomic mass is 16.5. The quantitative estimate of drug-likeness (QED) is 0.293. The number of benzene rings is 4. The average Bonchev–Trinajstić information content (AvgIpc) is 3.20. The Morgan fingerprint density at radius 1 is 0.886 bits per heavy atom. The van der Waals surface area contributed by atoms with Crippen molar-refractivity contribution < 1.29 is 19.7 Å². The number of nitrogens with two attached hydrogens (primary N) is 1. The van der Waals surface area contributed by atoms with Gasteiger partial charge >= 0.3 is 6.09 Å². The van der Waals surface area contributed by atoms with Crippen LogP contribution < -0.4 is 11.1 Å². The zero-order valence-corrected chi connectivity index (χ0v) is 19.2. The number of amides is 1. The van der Waals surface area contributed by atoms with Gasteiger partial charge in [-0.2, -0.15) is 0 Å². The Bertz CT molecular complexity index is 1320. The summed E-state index contributed by atoms with van der Waals surface area (Å²) in [5.74, 6) is -0.0104. The van der Waals surface area contributed by atoms with E-state index in [1.807, 2.05) is 48.5 Å². The first-order valence-corrected chi connectivity index (χ1v) is 11.8. The van der Waals surface area contributed by atoms with Gasteiger partial charge in [0.2, 0.25) is 0 Å². The van der Waals surface area contributed by atoms with Crippen LogP contribution in [-0.2, 0) is 4.74 Å². The van der Waals surface area contributed by atoms with Crippen LogP contribution in [0.2, 0.25) is 0 Å². The maximum atomic E-state index is 12.3. The van der Waals surface area contributed by atoms with Crippen LogP contribution in [0, 0.1) is 0 Å². The fourth-order valence-corrected chi connectivity index (χ4v) is 4.82. The predicted octanol–water partition coefficient (Wildman–Crippen LogP) is 4.75. The Morgan fingerprint density at radius 2 is 1.51 bits per heavy atom. The Hall–Kier alpha value is -3.87. The molecule has 0 heterocycles. The molecule has 5 rings (SSSR count). The van der Waals surface area contributed by atoms with Crippen LogP contribution in [0.1, 0.15) is 35.1 Å². The van der Waals surface area contributed by atoms with E-state index < -0.39 is 18.3 Å². The third-order valence-corrected chi connectivity index (χ3v) is 6.65. The summed E-state index contributed by atoms with van der Waals surface area (Å²) in [5, 5.41) is 25.6. The van der Waals surface area contributed by atoms with E-state index in [2.05, 4.69) is 29.6 Å². The number of anilines is 1. The van der Waals surface area contributed by atoms with Crippen LogP contribution in [-0.4, -0.2) is 35.6 Å². The van der Waals surface area contributed by atoms with Gasteiger partial charge in [0.15, 0.2) is 0 Å². The average molecular weight is 469 g/mol. The highest BCUT2D eigenvalue weighted by molar-refractivity contribution is 5.86. The van der Waals surface area contributed by atoms with Crippen LogP contribution in [0.25, 0.3) is 21.9 Å². The molecule has 0 bridgehead atoms. The molecule has 4 aromatic carbocycles. The van der Waals surface area contributed by atoms with Crippen molar-refractivity contribution in [2.45, 2.75) is 24.5 Å². The van der Waals surface area contributed by atoms with Gasteiger partial charge in [0, 0.05) is 18.2 Å². The van der Waals surface area contributed by atoms with Crippen LogP contribution >= 0.6 is 0 Å². The highest BCUT2D eigenvalue weighted by Crippen LogP contribution is 2.44. The molecule has 5 N–H and O–H groups in total. The van der Waals surface area contributed by atoms with Gasteiger partial charge in [0.25, 0.3) is 0 Å². The van der Waals surface area contributed by atoms with Crippen molar-refractivity contribution in [3.63, 3.8) is 0 Å². The Kier molecular flexibility index (Phi) is 6.40. The lowest BCUT2D eigenvalue weighted by Gasteiger charge is -2.19. The Morgan fingerprint density at radius 3 is 2.23 bits per heavy atom. The molecule has 35 heavy (non-hydrogen) atoms. The van der Waals surface area contributed by atoms with E-state index in [-0.39, 0.29) is 25.5 Å². The van der Waals surface area contributed by atoms with Gasteiger partial charge in [-0.25, -0.2) is 4.79 Å². The van der Waals surface area contributed by atoms with Crippen molar-refractivity contribution in [3.8, 4) is 11.1 Å². The molecule has 0 saturated carbocycles. The number of fused-ring (bicyclic) bond motifs is 4. The standard InChI is InChI=1S/C29H28N2O4/c30-21-12-11-18-15-20(10-9-19(18)16-21)28(33)27(32)13-14-31-29(34)35-17-26-24-7-3-1-5-22(24)23-6-2-4-8-25(23)26/h1-12,15-16,26-28,32-33H,13-14,17,30H2,(H,31,34). The second-order valence-electron chi connectivity index (χ2n) is 8.92. The molecule has 0 radical (unpaired) electrons. The van der Waals surface area contributed by atoms with Crippen molar-refractivity contribution in [2.75, 3.05) is 18.9 Å². The normalized spacial score (nSPS) is 14.2. The highest BCUT2D eigenvalue weighted by Gasteiger charge is 2.29. The number of carbonyl (C=O) groups excluding carboxylic acids is 1. The monoisotopic (exact) mass is 468 g/mol. The molecule has 0 spiro atoms. The van der Waals surface area contributed by atoms with E-state index in [1.165, 1.54) is 11.1 Å². The summed E-state index contributed by atoms with van der Waals surface area (Å²) in [6.45, 7) is 0.408. The van der Waals surface area contributed by atoms with Crippen LogP contribution in [0.5, 0.6) is 0 Å². The van der Waals surface area contributed by atoms with E-state index in [1.54, 1.807) is 12.1 Å². The fraction of sp³-hybridized carbons (Fsp3) is 0.207. The number of alkyl carbamates (subject to hydrolysis) is 1. The molecule has 0 saturated heterocycles. The van der Waals surface area contributed by atoms with Crippen molar-refractivity contribution in [1.82, 2.24) is 5.32 Å². The summed E-state index contributed by atoms with van der Waals surface area (Å²) in [6.07, 6.45) is -2.46. The summed E-state index contributed by atoms with van der Waals surface area (Å²) >= 11 is 0. The molecule has 6 heteroatoms. The molecular weight excluding hydrogens is 440 g/mol. The number of hydrogen-bond acceptors (Lipinski definition) is 5. The lowest BCUT2D eigenvalue weighted by Crippen LogP contribution is -2.30. The van der Waals surface area contributed by atoms with E-state index in [0.717, 1.165) is 21.9 Å². The molecule has 178 valence electrons. The number of hydrogen-bond donors (Lipinski definition) is 4. The molecule has 4 aromatic rings. The number of rotatable bonds is 7. The van der Waals surface area contributed by atoms with Gasteiger partial charge in [0.1, 0.15) is 12.7 Å². The van der Waals surface area contributed by atoms with E-state index in [9.17, 15) is 15.0 Å². The number of nitrogen functional groups attached to an aromatic ring is 1. The van der Waals surface area contributed by atoms with E-state index in [0.29, 0.717) is 11.3 Å². The summed E-state index contributed by atoms with van der Waals surface area (Å²) in [5.41, 5.74) is 11.7. The zero-order chi connectivity index (χ0) is 24.4. The first-order valence-electron chi connectivity index (χ1n) is 11.8. The van der Waals surface area contributed by atoms with Crippen molar-refractivity contribution in [3.05, 3.63) is 102 Å². The minimum Gasteiger partial charge on any atom is -0.449 e. The SMILES string of the molecule is Nc1ccc2cc(C(O)C(O)CCNC(=O)OCC3c4ccccc4-c4ccccc43)ccc2c1. The third-order valence-electron chi connectivity index (χ3n) is 6.65. The summed E-state index contributed by atoms with van der Waals surface area (Å²) in [4.78, 5) is 12.3. The summed E-state index contributed by atoms with van der Waals surface area (Å²) in [7, 11) is 0. The van der Waals surface area contributed by atoms with E-state index in [4.69, 9.17) is 10.5 Å². The lowest BCUT2D eigenvalue weighted by atomic mass is 9.98. The van der Waals surface area contributed by atoms with Crippen molar-refractivity contribution in [2.24, 2.45) is 0 Å². The van der Waals surface area contributed by atoms with Gasteiger partial charge < -0.3 is 26.0 Å². The molecule has 1 aliphatic rings. The number of aliphatic hydroxyl groups is 2. The molecular formula is C29H28N2O4. The van der Waals surface area contributed by atoms with E-state index >= 15 is 0 Å². The smallest absolute Gasteiger partial charge is 0.407 e. The lowest BCUT2D eigenvalue weighted by molar-refractivity contribution is 0.0137. The molecule has 2 unspecified atom stereocenters. The third kappa shape index (κ3) is 4.71. The maximum Gasteiger partial charge on any atom is 0.407 e. The second kappa shape index (κ2) is 9.78. The van der Waals surface area contributed by atoms with Gasteiger partial charge in [-0.3, -0.25) is 0 Å². The zero-order valence-electron chi connectivity index (χ0n) is 19.2. The Labute approximate surface area is 204 Å². The van der Waals surface area contributed by atoms with Gasteiger partial charge in [0.05, 0.1) is 6.10 Å². The summed E-state index contributed by atoms with van der Waals surface area (Å²) in [6, 6.07) is 27.4. The molecule has 1 amide bonds. The molecule has 2 atom stereocenters. The number of carbonyl (C=O) groups is 1. The number of aliphatic hydroxyl groups excluding tert-OH is 2. The maximum absolute atomic E-state index is 12.3. The molecule has 1 aliphatic carbocycles. The topological polar surface area (TPSA) is 105 Å². The van der Waals surface area contributed by atoms with Gasteiger partial charge in [-0.1, -0.05) is 66.7 Å². The first-order chi connectivity index (χ1) is 17.0. The molecule has 6 nitrogen and oxygen atoms in total. The van der Waals surface area contributed by atoms with Crippen LogP contribution in [0.3, 0.4) is 0 Å². The first kappa shape index (κ1) is 22.9.